The number of carbonyl (C=O) groups is 1. The number of esters is 1. The predicted molar refractivity (Wildman–Crippen MR) is 64.5 cm³/mol. The highest BCUT2D eigenvalue weighted by Gasteiger charge is 2.17. The highest BCUT2D eigenvalue weighted by molar-refractivity contribution is 6.32. The molecule has 0 unspecified atom stereocenters. The summed E-state index contributed by atoms with van der Waals surface area (Å²) in [6.45, 7) is 1.95. The van der Waals surface area contributed by atoms with Crippen molar-refractivity contribution >= 4 is 23.3 Å². The molecule has 7 nitrogen and oxygen atoms in total. The van der Waals surface area contributed by atoms with Crippen molar-refractivity contribution in [1.29, 1.82) is 0 Å². The first-order valence-electron chi connectivity index (χ1n) is 5.11. The van der Waals surface area contributed by atoms with Crippen LogP contribution in [0.25, 0.3) is 5.82 Å². The molecule has 0 aliphatic rings. The van der Waals surface area contributed by atoms with Crippen LogP contribution in [0.4, 0.5) is 5.69 Å². The fourth-order valence-corrected chi connectivity index (χ4v) is 1.52. The molecule has 0 saturated heterocycles. The first-order valence-corrected chi connectivity index (χ1v) is 5.49. The molecule has 0 saturated carbocycles. The van der Waals surface area contributed by atoms with Crippen LogP contribution in [0.15, 0.2) is 18.7 Å². The number of halogens is 1. The molecule has 2 aromatic heterocycles. The van der Waals surface area contributed by atoms with E-state index < -0.39 is 5.97 Å². The molecule has 0 radical (unpaired) electrons. The van der Waals surface area contributed by atoms with Crippen LogP contribution in [0, 0.1) is 0 Å². The first-order chi connectivity index (χ1) is 8.63. The Morgan fingerprint density at radius 2 is 2.39 bits per heavy atom. The van der Waals surface area contributed by atoms with Gasteiger partial charge in [0.15, 0.2) is 11.5 Å². The molecule has 0 fully saturated rings. The van der Waals surface area contributed by atoms with Crippen LogP contribution in [0.3, 0.4) is 0 Å². The van der Waals surface area contributed by atoms with Gasteiger partial charge in [0.1, 0.15) is 11.3 Å². The van der Waals surface area contributed by atoms with Crippen LogP contribution in [-0.2, 0) is 4.74 Å². The molecule has 18 heavy (non-hydrogen) atoms. The van der Waals surface area contributed by atoms with Gasteiger partial charge in [-0.2, -0.15) is 5.10 Å². The van der Waals surface area contributed by atoms with E-state index in [2.05, 4.69) is 15.1 Å². The Kier molecular flexibility index (Phi) is 3.42. The lowest BCUT2D eigenvalue weighted by atomic mass is 10.4. The van der Waals surface area contributed by atoms with Gasteiger partial charge in [0.05, 0.1) is 24.7 Å². The molecule has 8 heteroatoms. The average Bonchev–Trinajstić information content (AvgIpc) is 2.72. The summed E-state index contributed by atoms with van der Waals surface area (Å²) in [4.78, 5) is 19.3. The molecule has 2 N–H and O–H groups in total. The summed E-state index contributed by atoms with van der Waals surface area (Å²) in [6.07, 6.45) is 4.19. The molecule has 0 bridgehead atoms. The van der Waals surface area contributed by atoms with Crippen LogP contribution in [0.1, 0.15) is 17.4 Å². The number of anilines is 1. The van der Waals surface area contributed by atoms with Crippen molar-refractivity contribution in [2.75, 3.05) is 12.3 Å². The third-order valence-electron chi connectivity index (χ3n) is 2.08. The van der Waals surface area contributed by atoms with E-state index in [4.69, 9.17) is 22.1 Å². The second-order valence-electron chi connectivity index (χ2n) is 3.29. The molecular weight excluding hydrogens is 258 g/mol. The van der Waals surface area contributed by atoms with E-state index in [1.807, 2.05) is 0 Å². The second kappa shape index (κ2) is 5.01. The largest absolute Gasteiger partial charge is 0.461 e. The smallest absolute Gasteiger partial charge is 0.361 e. The number of hydrogen-bond acceptors (Lipinski definition) is 6. The fourth-order valence-electron chi connectivity index (χ4n) is 1.33. The van der Waals surface area contributed by atoms with Gasteiger partial charge in [-0.25, -0.2) is 19.4 Å². The van der Waals surface area contributed by atoms with Gasteiger partial charge < -0.3 is 10.5 Å². The molecule has 0 spiro atoms. The number of hydrogen-bond donors (Lipinski definition) is 1. The third kappa shape index (κ3) is 2.25. The molecule has 0 atom stereocenters. The van der Waals surface area contributed by atoms with Gasteiger partial charge in [-0.05, 0) is 6.92 Å². The molecule has 0 amide bonds. The lowest BCUT2D eigenvalue weighted by molar-refractivity contribution is 0.0520. The number of nitrogen functional groups attached to an aromatic ring is 1. The number of ether oxygens (including phenoxy) is 1. The van der Waals surface area contributed by atoms with Crippen molar-refractivity contribution in [1.82, 2.24) is 19.7 Å². The van der Waals surface area contributed by atoms with Crippen molar-refractivity contribution in [2.45, 2.75) is 6.92 Å². The van der Waals surface area contributed by atoms with Crippen LogP contribution in [0.5, 0.6) is 0 Å². The fraction of sp³-hybridized carbons (Fsp3) is 0.200. The van der Waals surface area contributed by atoms with E-state index >= 15 is 0 Å². The van der Waals surface area contributed by atoms with Crippen LogP contribution in [0.2, 0.25) is 5.02 Å². The molecular formula is C10H10ClN5O2. The molecule has 0 aromatic carbocycles. The van der Waals surface area contributed by atoms with Crippen LogP contribution < -0.4 is 5.73 Å². The van der Waals surface area contributed by atoms with Crippen molar-refractivity contribution < 1.29 is 9.53 Å². The van der Waals surface area contributed by atoms with E-state index in [9.17, 15) is 4.79 Å². The van der Waals surface area contributed by atoms with Crippen molar-refractivity contribution in [3.63, 3.8) is 0 Å². The number of rotatable bonds is 3. The molecule has 94 valence electrons. The highest BCUT2D eigenvalue weighted by Crippen LogP contribution is 2.19. The van der Waals surface area contributed by atoms with Gasteiger partial charge in [-0.3, -0.25) is 0 Å². The van der Waals surface area contributed by atoms with Crippen molar-refractivity contribution in [3.05, 3.63) is 29.4 Å². The highest BCUT2D eigenvalue weighted by atomic mass is 35.5. The number of nitrogens with zero attached hydrogens (tertiary/aromatic N) is 4. The minimum atomic E-state index is -0.584. The Morgan fingerprint density at radius 3 is 3.06 bits per heavy atom. The summed E-state index contributed by atoms with van der Waals surface area (Å²) in [5.41, 5.74) is 5.92. The van der Waals surface area contributed by atoms with Gasteiger partial charge in [0, 0.05) is 0 Å². The van der Waals surface area contributed by atoms with Crippen molar-refractivity contribution in [3.8, 4) is 5.82 Å². The van der Waals surface area contributed by atoms with E-state index in [0.717, 1.165) is 0 Å². The molecule has 2 heterocycles. The van der Waals surface area contributed by atoms with Crippen LogP contribution >= 0.6 is 11.6 Å². The summed E-state index contributed by atoms with van der Waals surface area (Å²) in [5.74, 6) is -0.243. The number of nitrogens with two attached hydrogens (primary N) is 1. The lowest BCUT2D eigenvalue weighted by Crippen LogP contribution is -2.09. The Balaban J connectivity index is 2.41. The van der Waals surface area contributed by atoms with Crippen molar-refractivity contribution in [2.24, 2.45) is 0 Å². The standard InChI is InChI=1S/C10H10ClN5O2/c1-2-18-10(17)8-7(12)4-16(15-8)9-6(11)3-13-5-14-9/h3-5H,2,12H2,1H3. The minimum absolute atomic E-state index is 0.0338. The maximum absolute atomic E-state index is 11.6. The molecule has 0 aliphatic carbocycles. The predicted octanol–water partition coefficient (Wildman–Crippen LogP) is 1.07. The summed E-state index contributed by atoms with van der Waals surface area (Å²) in [7, 11) is 0. The maximum Gasteiger partial charge on any atom is 0.361 e. The zero-order valence-electron chi connectivity index (χ0n) is 9.50. The summed E-state index contributed by atoms with van der Waals surface area (Å²) < 4.78 is 6.14. The second-order valence-corrected chi connectivity index (χ2v) is 3.70. The van der Waals surface area contributed by atoms with Gasteiger partial charge in [0.2, 0.25) is 0 Å². The SMILES string of the molecule is CCOC(=O)c1nn(-c2ncncc2Cl)cc1N. The van der Waals surface area contributed by atoms with E-state index in [0.29, 0.717) is 10.8 Å². The Labute approximate surface area is 108 Å². The number of carbonyl (C=O) groups excluding carboxylic acids is 1. The summed E-state index contributed by atoms with van der Waals surface area (Å²) >= 11 is 5.92. The van der Waals surface area contributed by atoms with Gasteiger partial charge >= 0.3 is 5.97 Å². The molecule has 2 rings (SSSR count). The topological polar surface area (TPSA) is 95.9 Å². The van der Waals surface area contributed by atoms with E-state index in [1.165, 1.54) is 23.4 Å². The average molecular weight is 268 g/mol. The third-order valence-corrected chi connectivity index (χ3v) is 2.34. The van der Waals surface area contributed by atoms with E-state index in [-0.39, 0.29) is 18.0 Å². The Morgan fingerprint density at radius 1 is 1.61 bits per heavy atom. The van der Waals surface area contributed by atoms with E-state index in [1.54, 1.807) is 6.92 Å². The molecule has 0 aliphatic heterocycles. The maximum atomic E-state index is 11.6. The summed E-state index contributed by atoms with van der Waals surface area (Å²) in [5, 5.41) is 4.30. The van der Waals surface area contributed by atoms with Gasteiger partial charge in [-0.1, -0.05) is 11.6 Å². The summed E-state index contributed by atoms with van der Waals surface area (Å²) in [6, 6.07) is 0. The lowest BCUT2D eigenvalue weighted by Gasteiger charge is -2.01. The van der Waals surface area contributed by atoms with Gasteiger partial charge in [-0.15, -0.1) is 0 Å². The minimum Gasteiger partial charge on any atom is -0.461 e. The Hall–Kier alpha value is -2.15. The normalized spacial score (nSPS) is 10.3. The monoisotopic (exact) mass is 267 g/mol. The first kappa shape index (κ1) is 12.3. The quantitative estimate of drug-likeness (QED) is 0.836. The van der Waals surface area contributed by atoms with Crippen LogP contribution in [-0.4, -0.2) is 32.3 Å². The Bertz CT molecular complexity index is 583. The number of aromatic nitrogens is 4. The molecule has 2 aromatic rings. The zero-order chi connectivity index (χ0) is 13.1. The van der Waals surface area contributed by atoms with Gasteiger partial charge in [0.25, 0.3) is 0 Å². The zero-order valence-corrected chi connectivity index (χ0v) is 10.3.